The predicted octanol–water partition coefficient (Wildman–Crippen LogP) is 2.22. The van der Waals surface area contributed by atoms with Crippen LogP contribution in [0, 0.1) is 17.3 Å². The lowest BCUT2D eigenvalue weighted by Crippen LogP contribution is -2.36. The molecule has 1 aliphatic carbocycles. The number of carbonyl (C=O) groups is 2. The van der Waals surface area contributed by atoms with Crippen LogP contribution in [0.1, 0.15) is 59.3 Å². The van der Waals surface area contributed by atoms with E-state index in [1.165, 1.54) is 0 Å². The van der Waals surface area contributed by atoms with Gasteiger partial charge in [-0.2, -0.15) is 0 Å². The number of amides is 2. The van der Waals surface area contributed by atoms with Crippen LogP contribution in [0.25, 0.3) is 0 Å². The van der Waals surface area contributed by atoms with Gasteiger partial charge in [-0.15, -0.1) is 0 Å². The molecule has 0 saturated heterocycles. The van der Waals surface area contributed by atoms with Crippen LogP contribution in [0.2, 0.25) is 0 Å². The minimum Gasteiger partial charge on any atom is -0.370 e. The second-order valence-electron chi connectivity index (χ2n) is 6.78. The number of carbonyl (C=O) groups excluding carboxylic acids is 2. The Morgan fingerprint density at radius 1 is 1.16 bits per heavy atom. The molecule has 19 heavy (non-hydrogen) atoms. The SMILES string of the molecule is CC(C)(C)C1CCC(C(=O)NCCCC(N)=O)CC1. The molecule has 0 atom stereocenters. The first kappa shape index (κ1) is 16.0. The van der Waals surface area contributed by atoms with Gasteiger partial charge in [-0.1, -0.05) is 20.8 Å². The van der Waals surface area contributed by atoms with Crippen molar-refractivity contribution in [2.45, 2.75) is 59.3 Å². The molecular weight excluding hydrogens is 240 g/mol. The number of nitrogens with one attached hydrogen (secondary N) is 1. The van der Waals surface area contributed by atoms with E-state index < -0.39 is 0 Å². The lowest BCUT2D eigenvalue weighted by Gasteiger charge is -2.36. The third-order valence-electron chi connectivity index (χ3n) is 4.22. The van der Waals surface area contributed by atoms with Crippen LogP contribution in [0.5, 0.6) is 0 Å². The number of primary amides is 1. The van der Waals surface area contributed by atoms with Gasteiger partial charge < -0.3 is 11.1 Å². The second kappa shape index (κ2) is 6.92. The molecule has 1 saturated carbocycles. The van der Waals surface area contributed by atoms with Gasteiger partial charge in [0.2, 0.25) is 11.8 Å². The Morgan fingerprint density at radius 2 is 1.74 bits per heavy atom. The summed E-state index contributed by atoms with van der Waals surface area (Å²) in [6.07, 6.45) is 5.24. The highest BCUT2D eigenvalue weighted by Gasteiger charge is 2.32. The van der Waals surface area contributed by atoms with Crippen molar-refractivity contribution < 1.29 is 9.59 Å². The molecule has 110 valence electrons. The maximum atomic E-state index is 12.0. The van der Waals surface area contributed by atoms with Gasteiger partial charge in [0.1, 0.15) is 0 Å². The van der Waals surface area contributed by atoms with E-state index in [1.807, 2.05) is 0 Å². The van der Waals surface area contributed by atoms with Gasteiger partial charge in [-0.05, 0) is 43.4 Å². The molecule has 2 amide bonds. The normalized spacial score (nSPS) is 23.9. The predicted molar refractivity (Wildman–Crippen MR) is 76.3 cm³/mol. The van der Waals surface area contributed by atoms with E-state index in [2.05, 4.69) is 26.1 Å². The summed E-state index contributed by atoms with van der Waals surface area (Å²) in [5, 5.41) is 2.91. The van der Waals surface area contributed by atoms with Crippen LogP contribution in [0.4, 0.5) is 0 Å². The fourth-order valence-electron chi connectivity index (χ4n) is 2.84. The van der Waals surface area contributed by atoms with E-state index in [-0.39, 0.29) is 17.7 Å². The Kier molecular flexibility index (Phi) is 5.83. The Balaban J connectivity index is 2.23. The van der Waals surface area contributed by atoms with Gasteiger partial charge in [0.25, 0.3) is 0 Å². The lowest BCUT2D eigenvalue weighted by molar-refractivity contribution is -0.126. The summed E-state index contributed by atoms with van der Waals surface area (Å²) in [4.78, 5) is 22.6. The highest BCUT2D eigenvalue weighted by molar-refractivity contribution is 5.78. The molecule has 0 aromatic rings. The second-order valence-corrected chi connectivity index (χ2v) is 6.78. The molecule has 1 aliphatic rings. The van der Waals surface area contributed by atoms with E-state index in [4.69, 9.17) is 5.73 Å². The Morgan fingerprint density at radius 3 is 2.21 bits per heavy atom. The van der Waals surface area contributed by atoms with Crippen molar-refractivity contribution in [3.8, 4) is 0 Å². The smallest absolute Gasteiger partial charge is 0.223 e. The molecule has 4 heteroatoms. The summed E-state index contributed by atoms with van der Waals surface area (Å²) in [6, 6.07) is 0. The average Bonchev–Trinajstić information content (AvgIpc) is 2.33. The van der Waals surface area contributed by atoms with E-state index in [9.17, 15) is 9.59 Å². The molecular formula is C15H28N2O2. The molecule has 0 spiro atoms. The zero-order chi connectivity index (χ0) is 14.5. The van der Waals surface area contributed by atoms with Gasteiger partial charge in [-0.25, -0.2) is 0 Å². The highest BCUT2D eigenvalue weighted by Crippen LogP contribution is 2.39. The summed E-state index contributed by atoms with van der Waals surface area (Å²) in [7, 11) is 0. The first-order valence-electron chi connectivity index (χ1n) is 7.36. The molecule has 0 radical (unpaired) electrons. The van der Waals surface area contributed by atoms with E-state index in [0.29, 0.717) is 24.8 Å². The Labute approximate surface area is 116 Å². The van der Waals surface area contributed by atoms with E-state index >= 15 is 0 Å². The van der Waals surface area contributed by atoms with Gasteiger partial charge >= 0.3 is 0 Å². The largest absolute Gasteiger partial charge is 0.370 e. The van der Waals surface area contributed by atoms with Crippen LogP contribution in [-0.2, 0) is 9.59 Å². The third-order valence-corrected chi connectivity index (χ3v) is 4.22. The molecule has 3 N–H and O–H groups in total. The molecule has 1 rings (SSSR count). The van der Waals surface area contributed by atoms with Crippen LogP contribution < -0.4 is 11.1 Å². The van der Waals surface area contributed by atoms with Crippen molar-refractivity contribution >= 4 is 11.8 Å². The third kappa shape index (κ3) is 5.62. The van der Waals surface area contributed by atoms with Crippen LogP contribution in [0.3, 0.4) is 0 Å². The first-order valence-corrected chi connectivity index (χ1v) is 7.36. The van der Waals surface area contributed by atoms with Gasteiger partial charge in [0.15, 0.2) is 0 Å². The highest BCUT2D eigenvalue weighted by atomic mass is 16.2. The van der Waals surface area contributed by atoms with Gasteiger partial charge in [0.05, 0.1) is 0 Å². The zero-order valence-corrected chi connectivity index (χ0v) is 12.5. The Hall–Kier alpha value is -1.06. The quantitative estimate of drug-likeness (QED) is 0.750. The summed E-state index contributed by atoms with van der Waals surface area (Å²) in [6.45, 7) is 7.40. The minimum absolute atomic E-state index is 0.150. The Bertz CT molecular complexity index is 313. The summed E-state index contributed by atoms with van der Waals surface area (Å²) < 4.78 is 0. The van der Waals surface area contributed by atoms with E-state index in [0.717, 1.165) is 31.6 Å². The standard InChI is InChI=1S/C15H28N2O2/c1-15(2,3)12-8-6-11(7-9-12)14(19)17-10-4-5-13(16)18/h11-12H,4-10H2,1-3H3,(H2,16,18)(H,17,19). The van der Waals surface area contributed by atoms with Crippen molar-refractivity contribution in [3.05, 3.63) is 0 Å². The van der Waals surface area contributed by atoms with Crippen LogP contribution in [-0.4, -0.2) is 18.4 Å². The van der Waals surface area contributed by atoms with Gasteiger partial charge in [-0.3, -0.25) is 9.59 Å². The molecule has 4 nitrogen and oxygen atoms in total. The van der Waals surface area contributed by atoms with Crippen molar-refractivity contribution in [3.63, 3.8) is 0 Å². The molecule has 0 heterocycles. The van der Waals surface area contributed by atoms with Crippen molar-refractivity contribution in [1.82, 2.24) is 5.32 Å². The summed E-state index contributed by atoms with van der Waals surface area (Å²) in [5.41, 5.74) is 5.41. The molecule has 0 bridgehead atoms. The summed E-state index contributed by atoms with van der Waals surface area (Å²) in [5.74, 6) is 0.732. The van der Waals surface area contributed by atoms with Crippen molar-refractivity contribution in [1.29, 1.82) is 0 Å². The molecule has 0 aromatic heterocycles. The van der Waals surface area contributed by atoms with Crippen LogP contribution in [0.15, 0.2) is 0 Å². The number of hydrogen-bond donors (Lipinski definition) is 2. The fraction of sp³-hybridized carbons (Fsp3) is 0.867. The molecule has 1 fully saturated rings. The maximum Gasteiger partial charge on any atom is 0.223 e. The number of rotatable bonds is 5. The first-order chi connectivity index (χ1) is 8.80. The summed E-state index contributed by atoms with van der Waals surface area (Å²) >= 11 is 0. The molecule has 0 unspecified atom stereocenters. The average molecular weight is 268 g/mol. The molecule has 0 aliphatic heterocycles. The van der Waals surface area contributed by atoms with Gasteiger partial charge in [0, 0.05) is 18.9 Å². The van der Waals surface area contributed by atoms with Crippen molar-refractivity contribution in [2.24, 2.45) is 23.0 Å². The topological polar surface area (TPSA) is 72.2 Å². The number of nitrogens with two attached hydrogens (primary N) is 1. The van der Waals surface area contributed by atoms with Crippen LogP contribution >= 0.6 is 0 Å². The van der Waals surface area contributed by atoms with E-state index in [1.54, 1.807) is 0 Å². The zero-order valence-electron chi connectivity index (χ0n) is 12.5. The minimum atomic E-state index is -0.306. The van der Waals surface area contributed by atoms with Crippen molar-refractivity contribution in [2.75, 3.05) is 6.54 Å². The lowest BCUT2D eigenvalue weighted by atomic mass is 9.69. The maximum absolute atomic E-state index is 12.0. The fourth-order valence-corrected chi connectivity index (χ4v) is 2.84. The molecule has 0 aromatic carbocycles. The monoisotopic (exact) mass is 268 g/mol. The number of hydrogen-bond acceptors (Lipinski definition) is 2.